The summed E-state index contributed by atoms with van der Waals surface area (Å²) in [7, 11) is 0. The van der Waals surface area contributed by atoms with Gasteiger partial charge in [-0.25, -0.2) is 0 Å². The van der Waals surface area contributed by atoms with Crippen LogP contribution >= 0.6 is 0 Å². The van der Waals surface area contributed by atoms with E-state index < -0.39 is 17.9 Å². The third-order valence-electron chi connectivity index (χ3n) is 4.35. The Bertz CT molecular complexity index is 412. The van der Waals surface area contributed by atoms with E-state index in [1.807, 2.05) is 0 Å². The van der Waals surface area contributed by atoms with Gasteiger partial charge in [0.05, 0.1) is 11.9 Å². The van der Waals surface area contributed by atoms with Crippen LogP contribution in [-0.4, -0.2) is 23.0 Å². The van der Waals surface area contributed by atoms with Crippen LogP contribution in [0, 0.1) is 0 Å². The minimum atomic E-state index is -1.55. The Morgan fingerprint density at radius 1 is 0.600 bits per heavy atom. The summed E-state index contributed by atoms with van der Waals surface area (Å²) in [6.07, 6.45) is 21.0. The second-order valence-electron chi connectivity index (χ2n) is 7.06. The van der Waals surface area contributed by atoms with Crippen molar-refractivity contribution in [3.05, 3.63) is 12.2 Å². The van der Waals surface area contributed by atoms with Gasteiger partial charge in [0.2, 0.25) is 0 Å². The Morgan fingerprint density at radius 3 is 1.10 bits per heavy atom. The molecule has 30 heavy (non-hydrogen) atoms. The van der Waals surface area contributed by atoms with Gasteiger partial charge in [-0.1, -0.05) is 96.8 Å². The smallest absolute Gasteiger partial charge is 0.545 e. The zero-order chi connectivity index (χ0) is 21.5. The largest absolute Gasteiger partial charge is 1.00 e. The molecule has 0 rings (SSSR count). The molecule has 164 valence electrons. The second-order valence-corrected chi connectivity index (χ2v) is 7.06. The predicted molar refractivity (Wildman–Crippen MR) is 106 cm³/mol. The van der Waals surface area contributed by atoms with Crippen molar-refractivity contribution in [2.24, 2.45) is 0 Å². The van der Waals surface area contributed by atoms with Crippen LogP contribution in [0.1, 0.15) is 110 Å². The van der Waals surface area contributed by atoms with Gasteiger partial charge in [0.25, 0.3) is 0 Å². The number of rotatable bonds is 18. The van der Waals surface area contributed by atoms with E-state index in [4.69, 9.17) is 5.11 Å². The molecule has 0 fully saturated rings. The van der Waals surface area contributed by atoms with Crippen molar-refractivity contribution in [2.45, 2.75) is 110 Å². The van der Waals surface area contributed by atoms with Gasteiger partial charge in [0.15, 0.2) is 0 Å². The van der Waals surface area contributed by atoms with Crippen LogP contribution in [0.2, 0.25) is 0 Å². The molecule has 0 aromatic carbocycles. The van der Waals surface area contributed by atoms with E-state index in [1.54, 1.807) is 0 Å². The standard InChI is InChI=1S/C18H36O2.C4H4O4.2Na/c1-2-3-4-5-6-7-8-9-10-11-12-13-14-15-16-17-18(19)20;5-3(6)1-2-4(7)8;;/h2-17H2,1H3,(H,19,20);1-2H,(H,5,6)(H,7,8);;/q;;2*+1/p-2. The number of hydrogen-bond acceptors (Lipinski definition) is 5. The number of carboxylic acid groups (broad SMARTS) is 3. The van der Waals surface area contributed by atoms with Crippen LogP contribution in [0.4, 0.5) is 0 Å². The van der Waals surface area contributed by atoms with Crippen LogP contribution in [0.5, 0.6) is 0 Å². The molecule has 6 nitrogen and oxygen atoms in total. The summed E-state index contributed by atoms with van der Waals surface area (Å²) in [6.45, 7) is 2.27. The van der Waals surface area contributed by atoms with Gasteiger partial charge in [0, 0.05) is 6.42 Å². The van der Waals surface area contributed by atoms with Gasteiger partial charge in [-0.05, 0) is 18.6 Å². The molecule has 8 heteroatoms. The Balaban J connectivity index is -0.000000288. The summed E-state index contributed by atoms with van der Waals surface area (Å²) in [5, 5.41) is 27.3. The minimum absolute atomic E-state index is 0. The number of hydrogen-bond donors (Lipinski definition) is 1. The Kier molecular flexibility index (Phi) is 39.1. The third kappa shape index (κ3) is 42.3. The van der Waals surface area contributed by atoms with Crippen LogP contribution in [0.25, 0.3) is 0 Å². The molecule has 0 aliphatic rings. The molecule has 0 aliphatic heterocycles. The van der Waals surface area contributed by atoms with E-state index >= 15 is 0 Å². The van der Waals surface area contributed by atoms with Crippen molar-refractivity contribution >= 4 is 17.9 Å². The molecule has 0 aromatic heterocycles. The Labute approximate surface area is 226 Å². The van der Waals surface area contributed by atoms with Crippen molar-refractivity contribution in [3.63, 3.8) is 0 Å². The number of carbonyl (C=O) groups is 3. The average molecular weight is 445 g/mol. The predicted octanol–water partition coefficient (Wildman–Crippen LogP) is -2.62. The topological polar surface area (TPSA) is 118 Å². The number of aliphatic carboxylic acids is 3. The molecule has 0 radical (unpaired) electrons. The molecule has 0 aromatic rings. The monoisotopic (exact) mass is 444 g/mol. The molecule has 0 unspecified atom stereocenters. The molecule has 0 bridgehead atoms. The van der Waals surface area contributed by atoms with E-state index in [-0.39, 0.29) is 59.1 Å². The maximum Gasteiger partial charge on any atom is 1.00 e. The number of carbonyl (C=O) groups excluding carboxylic acids is 2. The normalized spacial score (nSPS) is 9.77. The van der Waals surface area contributed by atoms with E-state index in [1.165, 1.54) is 83.5 Å². The summed E-state index contributed by atoms with van der Waals surface area (Å²) < 4.78 is 0. The van der Waals surface area contributed by atoms with Gasteiger partial charge >= 0.3 is 65.1 Å². The molecule has 0 atom stereocenters. The number of unbranched alkanes of at least 4 members (excludes halogenated alkanes) is 14. The third-order valence-corrected chi connectivity index (χ3v) is 4.35. The first-order valence-corrected chi connectivity index (χ1v) is 10.7. The zero-order valence-corrected chi connectivity index (χ0v) is 23.5. The molecular weight excluding hydrogens is 406 g/mol. The Morgan fingerprint density at radius 2 is 0.867 bits per heavy atom. The fraction of sp³-hybridized carbons (Fsp3) is 0.773. The van der Waals surface area contributed by atoms with Gasteiger partial charge in [-0.15, -0.1) is 0 Å². The Hall–Kier alpha value is 0.150. The molecular formula is C22H38Na2O6. The van der Waals surface area contributed by atoms with Crippen molar-refractivity contribution in [1.29, 1.82) is 0 Å². The van der Waals surface area contributed by atoms with Crippen LogP contribution in [0.3, 0.4) is 0 Å². The maximum atomic E-state index is 10.3. The van der Waals surface area contributed by atoms with Gasteiger partial charge < -0.3 is 24.9 Å². The van der Waals surface area contributed by atoms with Crippen LogP contribution < -0.4 is 69.3 Å². The zero-order valence-electron chi connectivity index (χ0n) is 19.5. The van der Waals surface area contributed by atoms with Crippen molar-refractivity contribution in [1.82, 2.24) is 0 Å². The van der Waals surface area contributed by atoms with Gasteiger partial charge in [-0.2, -0.15) is 0 Å². The maximum absolute atomic E-state index is 10.3. The molecule has 0 heterocycles. The first-order chi connectivity index (χ1) is 13.4. The fourth-order valence-electron chi connectivity index (χ4n) is 2.78. The number of carboxylic acids is 3. The molecule has 0 amide bonds. The summed E-state index contributed by atoms with van der Waals surface area (Å²) in [6, 6.07) is 0. The first kappa shape index (κ1) is 37.5. The average Bonchev–Trinajstić information content (AvgIpc) is 2.63. The summed E-state index contributed by atoms with van der Waals surface area (Å²) in [5.41, 5.74) is 0. The van der Waals surface area contributed by atoms with Gasteiger partial charge in [-0.3, -0.25) is 4.79 Å². The van der Waals surface area contributed by atoms with Gasteiger partial charge in [0.1, 0.15) is 0 Å². The fourth-order valence-corrected chi connectivity index (χ4v) is 2.78. The van der Waals surface area contributed by atoms with E-state index in [2.05, 4.69) is 6.92 Å². The van der Waals surface area contributed by atoms with Crippen molar-refractivity contribution < 1.29 is 88.8 Å². The van der Waals surface area contributed by atoms with Crippen molar-refractivity contribution in [2.75, 3.05) is 0 Å². The minimum Gasteiger partial charge on any atom is -0.545 e. The second kappa shape index (κ2) is 31.3. The molecule has 1 N–H and O–H groups in total. The molecule has 0 spiro atoms. The van der Waals surface area contributed by atoms with Crippen LogP contribution in [0.15, 0.2) is 12.2 Å². The van der Waals surface area contributed by atoms with Crippen LogP contribution in [-0.2, 0) is 14.4 Å². The van der Waals surface area contributed by atoms with E-state index in [0.29, 0.717) is 18.6 Å². The summed E-state index contributed by atoms with van der Waals surface area (Å²) in [4.78, 5) is 29.2. The molecule has 0 saturated heterocycles. The quantitative estimate of drug-likeness (QED) is 0.141. The van der Waals surface area contributed by atoms with Crippen molar-refractivity contribution in [3.8, 4) is 0 Å². The summed E-state index contributed by atoms with van der Waals surface area (Å²) >= 11 is 0. The first-order valence-electron chi connectivity index (χ1n) is 10.7. The summed E-state index contributed by atoms with van der Waals surface area (Å²) in [5.74, 6) is -3.75. The molecule has 0 aliphatic carbocycles. The molecule has 0 saturated carbocycles. The van der Waals surface area contributed by atoms with E-state index in [9.17, 15) is 24.6 Å². The van der Waals surface area contributed by atoms with E-state index in [0.717, 1.165) is 12.8 Å². The SMILES string of the molecule is CCCCCCCCCCCCCCCCCC(=O)O.O=C([O-])C=CC(=O)[O-].[Na+].[Na+].